The van der Waals surface area contributed by atoms with Crippen molar-refractivity contribution in [3.63, 3.8) is 0 Å². The first-order valence-corrected chi connectivity index (χ1v) is 19.2. The maximum atomic E-state index is 13.2. The number of hydrogen-bond acceptors (Lipinski definition) is 10. The fourth-order valence-electron chi connectivity index (χ4n) is 7.30. The van der Waals surface area contributed by atoms with Gasteiger partial charge in [0.1, 0.15) is 18.4 Å². The van der Waals surface area contributed by atoms with Crippen LogP contribution in [0.5, 0.6) is 5.75 Å². The van der Waals surface area contributed by atoms with Crippen molar-refractivity contribution in [2.45, 2.75) is 56.7 Å². The first kappa shape index (κ1) is 35.4. The van der Waals surface area contributed by atoms with E-state index in [2.05, 4.69) is 58.4 Å². The molecule has 10 nitrogen and oxygen atoms in total. The molecule has 3 fully saturated rings. The van der Waals surface area contributed by atoms with Gasteiger partial charge < -0.3 is 19.3 Å². The number of amides is 3. The van der Waals surface area contributed by atoms with Gasteiger partial charge in [-0.1, -0.05) is 24.3 Å². The molecule has 0 bridgehead atoms. The van der Waals surface area contributed by atoms with Crippen LogP contribution in [0.25, 0.3) is 0 Å². The number of carbonyl (C=O) groups is 3. The lowest BCUT2D eigenvalue weighted by Crippen LogP contribution is -2.52. The SMILES string of the molecule is Cc1cc(CN2CCN(c3ccc(C#N)cc3CCSCC3(S)COC3)CC2)ccc1COc1cccc2c1CN([C@H]1CCC(=O)NC1=O)C2=O. The Bertz CT molecular complexity index is 1870. The summed E-state index contributed by atoms with van der Waals surface area (Å²) in [5.41, 5.74) is 7.97. The molecule has 1 atom stereocenters. The number of nitriles is 1. The minimum absolute atomic E-state index is 0.00117. The molecule has 1 N–H and O–H groups in total. The topological polar surface area (TPSA) is 115 Å². The van der Waals surface area contributed by atoms with E-state index in [0.717, 1.165) is 80.6 Å². The summed E-state index contributed by atoms with van der Waals surface area (Å²) in [6.45, 7) is 8.81. The Hall–Kier alpha value is -4.02. The summed E-state index contributed by atoms with van der Waals surface area (Å²) in [5.74, 6) is 1.67. The zero-order valence-corrected chi connectivity index (χ0v) is 30.6. The van der Waals surface area contributed by atoms with Crippen LogP contribution in [-0.2, 0) is 40.4 Å². The fourth-order valence-corrected chi connectivity index (χ4v) is 8.81. The summed E-state index contributed by atoms with van der Waals surface area (Å²) < 4.78 is 11.6. The van der Waals surface area contributed by atoms with Gasteiger partial charge in [0, 0.05) is 61.7 Å². The van der Waals surface area contributed by atoms with E-state index in [4.69, 9.17) is 22.1 Å². The number of hydrogen-bond donors (Lipinski definition) is 2. The molecule has 4 aliphatic rings. The second kappa shape index (κ2) is 15.3. The number of anilines is 1. The molecule has 0 spiro atoms. The molecular weight excluding hydrogens is 683 g/mol. The largest absolute Gasteiger partial charge is 0.489 e. The Morgan fingerprint density at radius 2 is 1.88 bits per heavy atom. The minimum atomic E-state index is -0.657. The van der Waals surface area contributed by atoms with Crippen molar-refractivity contribution in [3.05, 3.63) is 93.5 Å². The zero-order valence-electron chi connectivity index (χ0n) is 28.9. The third-order valence-electron chi connectivity index (χ3n) is 10.3. The third kappa shape index (κ3) is 7.92. The summed E-state index contributed by atoms with van der Waals surface area (Å²) in [4.78, 5) is 43.8. The zero-order chi connectivity index (χ0) is 35.5. The van der Waals surface area contributed by atoms with Crippen LogP contribution >= 0.6 is 24.4 Å². The lowest BCUT2D eigenvalue weighted by Gasteiger charge is -2.37. The lowest BCUT2D eigenvalue weighted by atomic mass is 10.0. The number of piperazine rings is 1. The number of piperidine rings is 1. The molecule has 3 saturated heterocycles. The smallest absolute Gasteiger partial charge is 0.255 e. The number of thioether (sulfide) groups is 1. The molecule has 7 rings (SSSR count). The van der Waals surface area contributed by atoms with Gasteiger partial charge in [-0.25, -0.2) is 0 Å². The van der Waals surface area contributed by atoms with Crippen molar-refractivity contribution in [2.24, 2.45) is 0 Å². The van der Waals surface area contributed by atoms with E-state index in [1.54, 1.807) is 11.0 Å². The second-order valence-electron chi connectivity index (χ2n) is 14.0. The lowest BCUT2D eigenvalue weighted by molar-refractivity contribution is -0.136. The predicted molar refractivity (Wildman–Crippen MR) is 200 cm³/mol. The Morgan fingerprint density at radius 3 is 2.61 bits per heavy atom. The van der Waals surface area contributed by atoms with Gasteiger partial charge in [0.05, 0.1) is 36.1 Å². The summed E-state index contributed by atoms with van der Waals surface area (Å²) in [7, 11) is 0. The monoisotopic (exact) mass is 725 g/mol. The van der Waals surface area contributed by atoms with Crippen LogP contribution in [0.3, 0.4) is 0 Å². The number of fused-ring (bicyclic) bond motifs is 1. The molecule has 51 heavy (non-hydrogen) atoms. The average molecular weight is 726 g/mol. The van der Waals surface area contributed by atoms with Crippen molar-refractivity contribution < 1.29 is 23.9 Å². The number of thiol groups is 1. The summed E-state index contributed by atoms with van der Waals surface area (Å²) in [6.07, 6.45) is 1.47. The molecule has 0 aliphatic carbocycles. The van der Waals surface area contributed by atoms with Gasteiger partial charge in [0.2, 0.25) is 11.8 Å². The molecule has 4 aliphatic heterocycles. The maximum absolute atomic E-state index is 13.2. The van der Waals surface area contributed by atoms with Crippen molar-refractivity contribution in [2.75, 3.05) is 55.8 Å². The third-order valence-corrected chi connectivity index (χ3v) is 12.2. The molecule has 0 saturated carbocycles. The molecule has 0 aromatic heterocycles. The van der Waals surface area contributed by atoms with Crippen molar-refractivity contribution in [1.29, 1.82) is 5.26 Å². The highest BCUT2D eigenvalue weighted by molar-refractivity contribution is 8.00. The van der Waals surface area contributed by atoms with Gasteiger partial charge in [0.25, 0.3) is 5.91 Å². The van der Waals surface area contributed by atoms with E-state index < -0.39 is 11.9 Å². The number of rotatable bonds is 12. The van der Waals surface area contributed by atoms with Crippen molar-refractivity contribution >= 4 is 47.8 Å². The van der Waals surface area contributed by atoms with Crippen LogP contribution in [0.15, 0.2) is 54.6 Å². The number of imide groups is 1. The Morgan fingerprint density at radius 1 is 1.06 bits per heavy atom. The number of nitrogens with zero attached hydrogens (tertiary/aromatic N) is 4. The van der Waals surface area contributed by atoms with E-state index in [0.29, 0.717) is 29.9 Å². The Balaban J connectivity index is 0.920. The maximum Gasteiger partial charge on any atom is 0.255 e. The molecule has 3 aromatic carbocycles. The number of nitrogens with one attached hydrogen (secondary N) is 1. The van der Waals surface area contributed by atoms with Crippen LogP contribution in [-0.4, -0.2) is 89.2 Å². The molecule has 3 aromatic rings. The number of ether oxygens (including phenoxy) is 2. The van der Waals surface area contributed by atoms with E-state index in [-0.39, 0.29) is 29.5 Å². The summed E-state index contributed by atoms with van der Waals surface area (Å²) in [6, 6.07) is 19.7. The van der Waals surface area contributed by atoms with Gasteiger partial charge in [-0.2, -0.15) is 29.7 Å². The van der Waals surface area contributed by atoms with Crippen molar-refractivity contribution in [3.8, 4) is 11.8 Å². The molecule has 0 radical (unpaired) electrons. The van der Waals surface area contributed by atoms with E-state index in [9.17, 15) is 19.6 Å². The highest BCUT2D eigenvalue weighted by Crippen LogP contribution is 2.35. The van der Waals surface area contributed by atoms with Crippen LogP contribution in [0.1, 0.15) is 56.6 Å². The van der Waals surface area contributed by atoms with Crippen LogP contribution in [0.4, 0.5) is 5.69 Å². The first-order valence-electron chi connectivity index (χ1n) is 17.6. The van der Waals surface area contributed by atoms with Gasteiger partial charge >= 0.3 is 0 Å². The quantitative estimate of drug-likeness (QED) is 0.158. The van der Waals surface area contributed by atoms with Crippen molar-refractivity contribution in [1.82, 2.24) is 15.1 Å². The molecule has 0 unspecified atom stereocenters. The summed E-state index contributed by atoms with van der Waals surface area (Å²) >= 11 is 6.65. The molecule has 3 amide bonds. The fraction of sp³-hybridized carbons (Fsp3) is 0.436. The van der Waals surface area contributed by atoms with Crippen LogP contribution < -0.4 is 15.0 Å². The molecular formula is C39H43N5O5S2. The highest BCUT2D eigenvalue weighted by Gasteiger charge is 2.40. The van der Waals surface area contributed by atoms with Gasteiger partial charge in [0.15, 0.2) is 0 Å². The van der Waals surface area contributed by atoms with E-state index in [1.807, 2.05) is 30.0 Å². The number of benzene rings is 3. The van der Waals surface area contributed by atoms with Crippen LogP contribution in [0.2, 0.25) is 0 Å². The van der Waals surface area contributed by atoms with E-state index in [1.165, 1.54) is 16.8 Å². The Kier molecular flexibility index (Phi) is 10.6. The van der Waals surface area contributed by atoms with Gasteiger partial charge in [-0.05, 0) is 78.1 Å². The van der Waals surface area contributed by atoms with Gasteiger partial charge in [-0.15, -0.1) is 0 Å². The molecule has 4 heterocycles. The van der Waals surface area contributed by atoms with Gasteiger partial charge in [-0.3, -0.25) is 24.6 Å². The highest BCUT2D eigenvalue weighted by atomic mass is 32.2. The normalized spacial score (nSPS) is 20.1. The molecule has 266 valence electrons. The predicted octanol–water partition coefficient (Wildman–Crippen LogP) is 4.50. The van der Waals surface area contributed by atoms with Crippen LogP contribution in [0, 0.1) is 18.3 Å². The first-order chi connectivity index (χ1) is 24.7. The minimum Gasteiger partial charge on any atom is -0.489 e. The standard InChI is InChI=1S/C39H43N5O5S2/c1-26-17-28(5-7-30(26)22-49-35-4-2-3-31-32(35)21-44(38(31)47)34-9-10-36(45)41-37(34)46)20-42-12-14-43(15-13-42)33-8-6-27(19-40)18-29(33)11-16-51-25-39(50)23-48-24-39/h2-8,17-18,34,50H,9-16,20-25H2,1H3,(H,41,45,46)/t34-/m0/s1. The van der Waals surface area contributed by atoms with E-state index >= 15 is 0 Å². The summed E-state index contributed by atoms with van der Waals surface area (Å²) in [5, 5.41) is 11.9. The average Bonchev–Trinajstić information content (AvgIpc) is 3.45. The second-order valence-corrected chi connectivity index (χ2v) is 16.0. The number of carbonyl (C=O) groups excluding carboxylic acids is 3. The number of aryl methyl sites for hydroxylation is 2. The molecule has 12 heteroatoms. The Labute approximate surface area is 308 Å².